The number of amides is 1. The standard InChI is InChI=1S/C21H27N3O2/c1-26-14-13-23-12-9-22-20(23)17-7-10-24(11-8-17)21(25)19-6-5-16-3-2-4-18(16)15-19/h5-6,9,12,15,17H,2-4,7-8,10-11,13-14H2,1H3. The van der Waals surface area contributed by atoms with Gasteiger partial charge in [-0.2, -0.15) is 0 Å². The van der Waals surface area contributed by atoms with E-state index in [4.69, 9.17) is 4.74 Å². The first-order valence-corrected chi connectivity index (χ1v) is 9.67. The van der Waals surface area contributed by atoms with Crippen LogP contribution in [-0.4, -0.2) is 47.2 Å². The van der Waals surface area contributed by atoms with Crippen molar-refractivity contribution in [2.75, 3.05) is 26.8 Å². The van der Waals surface area contributed by atoms with Crippen LogP contribution in [0, 0.1) is 0 Å². The van der Waals surface area contributed by atoms with E-state index in [9.17, 15) is 4.79 Å². The molecule has 0 spiro atoms. The fourth-order valence-electron chi connectivity index (χ4n) is 4.29. The molecule has 2 aliphatic rings. The highest BCUT2D eigenvalue weighted by molar-refractivity contribution is 5.94. The first kappa shape index (κ1) is 17.3. The van der Waals surface area contributed by atoms with Crippen molar-refractivity contribution in [2.24, 2.45) is 0 Å². The maximum Gasteiger partial charge on any atom is 0.253 e. The first-order valence-electron chi connectivity index (χ1n) is 9.67. The summed E-state index contributed by atoms with van der Waals surface area (Å²) in [5, 5.41) is 0. The van der Waals surface area contributed by atoms with Crippen LogP contribution < -0.4 is 0 Å². The topological polar surface area (TPSA) is 47.4 Å². The van der Waals surface area contributed by atoms with Gasteiger partial charge in [0.15, 0.2) is 0 Å². The SMILES string of the molecule is COCCn1ccnc1C1CCN(C(=O)c2ccc3c(c2)CCC3)CC1. The summed E-state index contributed by atoms with van der Waals surface area (Å²) in [6.45, 7) is 3.13. The van der Waals surface area contributed by atoms with Crippen LogP contribution in [0.15, 0.2) is 30.6 Å². The second-order valence-electron chi connectivity index (χ2n) is 7.38. The van der Waals surface area contributed by atoms with Crippen LogP contribution in [0.2, 0.25) is 0 Å². The highest BCUT2D eigenvalue weighted by atomic mass is 16.5. The smallest absolute Gasteiger partial charge is 0.253 e. The van der Waals surface area contributed by atoms with E-state index in [2.05, 4.69) is 21.7 Å². The molecule has 0 atom stereocenters. The fraction of sp³-hybridized carbons (Fsp3) is 0.524. The number of aryl methyl sites for hydroxylation is 2. The molecule has 0 bridgehead atoms. The molecule has 0 saturated carbocycles. The number of imidazole rings is 1. The Morgan fingerprint density at radius 1 is 1.23 bits per heavy atom. The Morgan fingerprint density at radius 3 is 2.85 bits per heavy atom. The zero-order valence-electron chi connectivity index (χ0n) is 15.5. The van der Waals surface area contributed by atoms with Gasteiger partial charge in [0, 0.05) is 50.6 Å². The molecule has 1 amide bonds. The van der Waals surface area contributed by atoms with Crippen LogP contribution in [-0.2, 0) is 24.1 Å². The van der Waals surface area contributed by atoms with Crippen molar-refractivity contribution in [1.82, 2.24) is 14.5 Å². The molecule has 0 N–H and O–H groups in total. The Kier molecular flexibility index (Phi) is 5.07. The van der Waals surface area contributed by atoms with Crippen molar-refractivity contribution in [3.8, 4) is 0 Å². The van der Waals surface area contributed by atoms with Crippen LogP contribution >= 0.6 is 0 Å². The average molecular weight is 353 g/mol. The normalized spacial score (nSPS) is 17.5. The Hall–Kier alpha value is -2.14. The molecular formula is C21H27N3O2. The molecule has 1 saturated heterocycles. The lowest BCUT2D eigenvalue weighted by atomic mass is 9.95. The highest BCUT2D eigenvalue weighted by Gasteiger charge is 2.27. The predicted molar refractivity (Wildman–Crippen MR) is 100 cm³/mol. The first-order chi connectivity index (χ1) is 12.8. The van der Waals surface area contributed by atoms with E-state index in [1.54, 1.807) is 7.11 Å². The Balaban J connectivity index is 1.39. The second-order valence-corrected chi connectivity index (χ2v) is 7.38. The molecule has 0 radical (unpaired) electrons. The van der Waals surface area contributed by atoms with Crippen LogP contribution in [0.5, 0.6) is 0 Å². The lowest BCUT2D eigenvalue weighted by molar-refractivity contribution is 0.0710. The summed E-state index contributed by atoms with van der Waals surface area (Å²) in [7, 11) is 1.72. The summed E-state index contributed by atoms with van der Waals surface area (Å²) < 4.78 is 7.37. The van der Waals surface area contributed by atoms with E-state index in [-0.39, 0.29) is 5.91 Å². The summed E-state index contributed by atoms with van der Waals surface area (Å²) >= 11 is 0. The molecule has 5 heteroatoms. The van der Waals surface area contributed by atoms with Crippen molar-refractivity contribution < 1.29 is 9.53 Å². The van der Waals surface area contributed by atoms with Gasteiger partial charge in [-0.25, -0.2) is 4.98 Å². The van der Waals surface area contributed by atoms with Gasteiger partial charge in [0.1, 0.15) is 5.82 Å². The van der Waals surface area contributed by atoms with Gasteiger partial charge in [0.2, 0.25) is 0 Å². The third-order valence-corrected chi connectivity index (χ3v) is 5.78. The number of nitrogens with zero attached hydrogens (tertiary/aromatic N) is 3. The van der Waals surface area contributed by atoms with Gasteiger partial charge in [-0.05, 0) is 55.4 Å². The maximum atomic E-state index is 12.9. The minimum atomic E-state index is 0.181. The molecule has 4 rings (SSSR count). The molecule has 1 aliphatic carbocycles. The number of piperidine rings is 1. The molecule has 5 nitrogen and oxygen atoms in total. The van der Waals surface area contributed by atoms with E-state index in [1.807, 2.05) is 23.4 Å². The number of aromatic nitrogens is 2. The number of carbonyl (C=O) groups excluding carboxylic acids is 1. The molecule has 26 heavy (non-hydrogen) atoms. The van der Waals surface area contributed by atoms with Gasteiger partial charge in [0.05, 0.1) is 6.61 Å². The largest absolute Gasteiger partial charge is 0.383 e. The van der Waals surface area contributed by atoms with Crippen molar-refractivity contribution in [1.29, 1.82) is 0 Å². The number of hydrogen-bond donors (Lipinski definition) is 0. The van der Waals surface area contributed by atoms with E-state index < -0.39 is 0 Å². The van der Waals surface area contributed by atoms with Gasteiger partial charge in [-0.3, -0.25) is 4.79 Å². The molecule has 1 aromatic heterocycles. The fourth-order valence-corrected chi connectivity index (χ4v) is 4.29. The second kappa shape index (κ2) is 7.62. The van der Waals surface area contributed by atoms with Crippen molar-refractivity contribution in [2.45, 2.75) is 44.6 Å². The zero-order chi connectivity index (χ0) is 17.9. The zero-order valence-corrected chi connectivity index (χ0v) is 15.5. The number of hydrogen-bond acceptors (Lipinski definition) is 3. The summed E-state index contributed by atoms with van der Waals surface area (Å²) in [6.07, 6.45) is 9.33. The van der Waals surface area contributed by atoms with Crippen molar-refractivity contribution >= 4 is 5.91 Å². The molecule has 2 heterocycles. The van der Waals surface area contributed by atoms with E-state index in [0.717, 1.165) is 56.7 Å². The molecule has 138 valence electrons. The van der Waals surface area contributed by atoms with Gasteiger partial charge < -0.3 is 14.2 Å². The monoisotopic (exact) mass is 353 g/mol. The summed E-state index contributed by atoms with van der Waals surface area (Å²) in [5.41, 5.74) is 3.64. The molecule has 1 fully saturated rings. The number of carbonyl (C=O) groups is 1. The molecule has 2 aromatic rings. The molecular weight excluding hydrogens is 326 g/mol. The van der Waals surface area contributed by atoms with Crippen LogP contribution in [0.1, 0.15) is 52.5 Å². The molecule has 1 aromatic carbocycles. The van der Waals surface area contributed by atoms with E-state index >= 15 is 0 Å². The molecule has 1 aliphatic heterocycles. The number of likely N-dealkylation sites (tertiary alicyclic amines) is 1. The lowest BCUT2D eigenvalue weighted by Gasteiger charge is -2.32. The average Bonchev–Trinajstić information content (AvgIpc) is 3.34. The van der Waals surface area contributed by atoms with Gasteiger partial charge >= 0.3 is 0 Å². The van der Waals surface area contributed by atoms with Crippen molar-refractivity contribution in [3.63, 3.8) is 0 Å². The van der Waals surface area contributed by atoms with Crippen LogP contribution in [0.3, 0.4) is 0 Å². The van der Waals surface area contributed by atoms with Crippen LogP contribution in [0.4, 0.5) is 0 Å². The Labute approximate surface area is 155 Å². The Morgan fingerprint density at radius 2 is 2.04 bits per heavy atom. The lowest BCUT2D eigenvalue weighted by Crippen LogP contribution is -2.38. The van der Waals surface area contributed by atoms with Crippen molar-refractivity contribution in [3.05, 3.63) is 53.1 Å². The van der Waals surface area contributed by atoms with Crippen LogP contribution in [0.25, 0.3) is 0 Å². The van der Waals surface area contributed by atoms with E-state index in [0.29, 0.717) is 12.5 Å². The quantitative estimate of drug-likeness (QED) is 0.830. The highest BCUT2D eigenvalue weighted by Crippen LogP contribution is 2.29. The summed E-state index contributed by atoms with van der Waals surface area (Å²) in [5.74, 6) is 1.73. The number of benzene rings is 1. The summed E-state index contributed by atoms with van der Waals surface area (Å²) in [4.78, 5) is 19.5. The third-order valence-electron chi connectivity index (χ3n) is 5.78. The van der Waals surface area contributed by atoms with E-state index in [1.165, 1.54) is 17.5 Å². The molecule has 0 unspecified atom stereocenters. The number of fused-ring (bicyclic) bond motifs is 1. The summed E-state index contributed by atoms with van der Waals surface area (Å²) in [6, 6.07) is 6.28. The minimum Gasteiger partial charge on any atom is -0.383 e. The third kappa shape index (κ3) is 3.40. The maximum absolute atomic E-state index is 12.9. The predicted octanol–water partition coefficient (Wildman–Crippen LogP) is 3.04. The Bertz CT molecular complexity index is 775. The number of methoxy groups -OCH3 is 1. The minimum absolute atomic E-state index is 0.181. The van der Waals surface area contributed by atoms with Gasteiger partial charge in [-0.1, -0.05) is 6.07 Å². The van der Waals surface area contributed by atoms with Gasteiger partial charge in [-0.15, -0.1) is 0 Å². The number of rotatable bonds is 5. The van der Waals surface area contributed by atoms with Gasteiger partial charge in [0.25, 0.3) is 5.91 Å². The number of ether oxygens (including phenoxy) is 1.